The molecule has 5 nitrogen and oxygen atoms in total. The quantitative estimate of drug-likeness (QED) is 0.266. The molecule has 0 bridgehead atoms. The topological polar surface area (TPSA) is 55.8 Å². The minimum atomic E-state index is -0.839. The molecule has 0 radical (unpaired) electrons. The lowest BCUT2D eigenvalue weighted by Crippen LogP contribution is -2.45. The van der Waals surface area contributed by atoms with Gasteiger partial charge in [0.15, 0.2) is 0 Å². The van der Waals surface area contributed by atoms with Gasteiger partial charge in [0.05, 0.1) is 6.42 Å². The maximum absolute atomic E-state index is 13.2. The highest BCUT2D eigenvalue weighted by Crippen LogP contribution is 2.18. The second-order valence-electron chi connectivity index (χ2n) is 8.67. The van der Waals surface area contributed by atoms with E-state index in [4.69, 9.17) is 21.1 Å². The lowest BCUT2D eigenvalue weighted by atomic mass is 10.1. The fourth-order valence-electron chi connectivity index (χ4n) is 3.15. The molecule has 0 aliphatic heterocycles. The van der Waals surface area contributed by atoms with Crippen molar-refractivity contribution in [2.24, 2.45) is 0 Å². The van der Waals surface area contributed by atoms with Crippen molar-refractivity contribution in [3.8, 4) is 0 Å². The summed E-state index contributed by atoms with van der Waals surface area (Å²) in [7, 11) is 0. The van der Waals surface area contributed by atoms with Gasteiger partial charge in [-0.15, -0.1) is 11.6 Å². The maximum atomic E-state index is 13.2. The Kier molecular flexibility index (Phi) is 9.95. The first-order valence-electron chi connectivity index (χ1n) is 10.6. The van der Waals surface area contributed by atoms with E-state index >= 15 is 0 Å². The third-order valence-electron chi connectivity index (χ3n) is 4.56. The number of halogens is 1. The summed E-state index contributed by atoms with van der Waals surface area (Å²) in [5.74, 6) is -0.699. The van der Waals surface area contributed by atoms with Crippen LogP contribution in [0.15, 0.2) is 72.8 Å². The number of hydrogen-bond donors (Lipinski definition) is 0. The minimum Gasteiger partial charge on any atom is -0.460 e. The fourth-order valence-corrected chi connectivity index (χ4v) is 3.24. The van der Waals surface area contributed by atoms with E-state index in [0.717, 1.165) is 16.7 Å². The Bertz CT molecular complexity index is 878. The zero-order chi connectivity index (χ0) is 23.6. The van der Waals surface area contributed by atoms with Gasteiger partial charge in [0.1, 0.15) is 18.2 Å². The van der Waals surface area contributed by atoms with Crippen molar-refractivity contribution in [3.63, 3.8) is 0 Å². The molecule has 0 saturated heterocycles. The van der Waals surface area contributed by atoms with Gasteiger partial charge in [-0.05, 0) is 37.5 Å². The first-order chi connectivity index (χ1) is 15.2. The molecule has 32 heavy (non-hydrogen) atoms. The molecule has 2 aromatic rings. The smallest absolute Gasteiger partial charge is 0.324 e. The van der Waals surface area contributed by atoms with Gasteiger partial charge in [-0.1, -0.05) is 67.2 Å². The number of carbonyl (C=O) groups excluding carboxylic acids is 2. The number of benzene rings is 2. The molecule has 1 atom stereocenters. The maximum Gasteiger partial charge on any atom is 0.324 e. The van der Waals surface area contributed by atoms with Gasteiger partial charge in [-0.25, -0.2) is 0 Å². The van der Waals surface area contributed by atoms with Crippen molar-refractivity contribution < 1.29 is 19.1 Å². The van der Waals surface area contributed by atoms with Crippen LogP contribution in [0.4, 0.5) is 0 Å². The van der Waals surface area contributed by atoms with Gasteiger partial charge in [-0.3, -0.25) is 14.5 Å². The average Bonchev–Trinajstić information content (AvgIpc) is 2.75. The molecule has 0 spiro atoms. The number of carbonyl (C=O) groups is 2. The summed E-state index contributed by atoms with van der Waals surface area (Å²) in [6.07, 6.45) is -0.132. The molecule has 172 valence electrons. The molecule has 6 heteroatoms. The monoisotopic (exact) mass is 457 g/mol. The minimum absolute atomic E-state index is 0.125. The molecule has 2 aromatic carbocycles. The number of esters is 2. The van der Waals surface area contributed by atoms with E-state index in [2.05, 4.69) is 6.58 Å². The number of ether oxygens (including phenoxy) is 2. The van der Waals surface area contributed by atoms with Gasteiger partial charge >= 0.3 is 11.9 Å². The van der Waals surface area contributed by atoms with Crippen LogP contribution >= 0.6 is 11.6 Å². The van der Waals surface area contributed by atoms with E-state index in [0.29, 0.717) is 13.1 Å². The third kappa shape index (κ3) is 9.25. The van der Waals surface area contributed by atoms with E-state index in [1.54, 1.807) is 20.8 Å². The largest absolute Gasteiger partial charge is 0.460 e. The SMILES string of the molecule is C=C(CCl)CN(Cc1ccccc1)C(CC(=O)OC(C)(C)C)C(=O)OCc1ccccc1. The van der Waals surface area contributed by atoms with Crippen molar-refractivity contribution in [1.82, 2.24) is 4.90 Å². The predicted molar refractivity (Wildman–Crippen MR) is 127 cm³/mol. The van der Waals surface area contributed by atoms with Crippen LogP contribution in [0.3, 0.4) is 0 Å². The first-order valence-corrected chi connectivity index (χ1v) is 11.1. The third-order valence-corrected chi connectivity index (χ3v) is 4.94. The summed E-state index contributed by atoms with van der Waals surface area (Å²) in [5, 5.41) is 0. The summed E-state index contributed by atoms with van der Waals surface area (Å²) in [6.45, 7) is 10.3. The number of hydrogen-bond acceptors (Lipinski definition) is 5. The summed E-state index contributed by atoms with van der Waals surface area (Å²) >= 11 is 5.98. The normalized spacial score (nSPS) is 12.3. The summed E-state index contributed by atoms with van der Waals surface area (Å²) in [4.78, 5) is 27.7. The average molecular weight is 458 g/mol. The molecule has 0 N–H and O–H groups in total. The molecule has 0 saturated carbocycles. The Balaban J connectivity index is 2.26. The number of nitrogens with zero attached hydrogens (tertiary/aromatic N) is 1. The van der Waals surface area contributed by atoms with E-state index in [-0.39, 0.29) is 18.9 Å². The first kappa shape index (κ1) is 25.6. The van der Waals surface area contributed by atoms with Gasteiger partial charge in [0.25, 0.3) is 0 Å². The molecule has 1 unspecified atom stereocenters. The fraction of sp³-hybridized carbons (Fsp3) is 0.385. The highest BCUT2D eigenvalue weighted by Gasteiger charge is 2.32. The molecular formula is C26H32ClNO4. The molecule has 0 fully saturated rings. The van der Waals surface area contributed by atoms with Crippen molar-refractivity contribution in [2.75, 3.05) is 12.4 Å². The molecule has 0 heterocycles. The Hall–Kier alpha value is -2.63. The molecule has 0 aliphatic rings. The Morgan fingerprint density at radius 3 is 2.09 bits per heavy atom. The van der Waals surface area contributed by atoms with Gasteiger partial charge in [0, 0.05) is 19.0 Å². The van der Waals surface area contributed by atoms with Crippen LogP contribution < -0.4 is 0 Å². The number of rotatable bonds is 11. The summed E-state index contributed by atoms with van der Waals surface area (Å²) in [6, 6.07) is 18.3. The van der Waals surface area contributed by atoms with Crippen molar-refractivity contribution >= 4 is 23.5 Å². The van der Waals surface area contributed by atoms with E-state index in [1.165, 1.54) is 0 Å². The van der Waals surface area contributed by atoms with Crippen LogP contribution in [0.2, 0.25) is 0 Å². The molecular weight excluding hydrogens is 426 g/mol. The van der Waals surface area contributed by atoms with Crippen LogP contribution in [-0.2, 0) is 32.2 Å². The zero-order valence-corrected chi connectivity index (χ0v) is 19.8. The lowest BCUT2D eigenvalue weighted by Gasteiger charge is -2.31. The second-order valence-corrected chi connectivity index (χ2v) is 8.94. The Morgan fingerprint density at radius 1 is 1.00 bits per heavy atom. The molecule has 0 aromatic heterocycles. The second kappa shape index (κ2) is 12.4. The van der Waals surface area contributed by atoms with Crippen LogP contribution in [0.25, 0.3) is 0 Å². The van der Waals surface area contributed by atoms with Crippen LogP contribution in [-0.4, -0.2) is 40.9 Å². The molecule has 0 aliphatic carbocycles. The molecule has 0 amide bonds. The van der Waals surface area contributed by atoms with Crippen molar-refractivity contribution in [2.45, 2.75) is 52.0 Å². The zero-order valence-electron chi connectivity index (χ0n) is 19.1. The van der Waals surface area contributed by atoms with E-state index < -0.39 is 23.6 Å². The predicted octanol–water partition coefficient (Wildman–Crippen LogP) is 5.13. The van der Waals surface area contributed by atoms with Crippen LogP contribution in [0, 0.1) is 0 Å². The van der Waals surface area contributed by atoms with Crippen molar-refractivity contribution in [3.05, 3.63) is 83.9 Å². The van der Waals surface area contributed by atoms with Crippen LogP contribution in [0.5, 0.6) is 0 Å². The van der Waals surface area contributed by atoms with Gasteiger partial charge < -0.3 is 9.47 Å². The summed E-state index contributed by atoms with van der Waals surface area (Å²) in [5.41, 5.74) is 1.96. The van der Waals surface area contributed by atoms with Crippen LogP contribution in [0.1, 0.15) is 38.3 Å². The highest BCUT2D eigenvalue weighted by molar-refractivity contribution is 6.19. The van der Waals surface area contributed by atoms with Crippen molar-refractivity contribution in [1.29, 1.82) is 0 Å². The number of alkyl halides is 1. The lowest BCUT2D eigenvalue weighted by molar-refractivity contribution is -0.163. The molecule has 2 rings (SSSR count). The highest BCUT2D eigenvalue weighted by atomic mass is 35.5. The van der Waals surface area contributed by atoms with Gasteiger partial charge in [0.2, 0.25) is 0 Å². The Morgan fingerprint density at radius 2 is 1.56 bits per heavy atom. The van der Waals surface area contributed by atoms with Gasteiger partial charge in [-0.2, -0.15) is 0 Å². The Labute approximate surface area is 196 Å². The van der Waals surface area contributed by atoms with E-state index in [1.807, 2.05) is 65.6 Å². The summed E-state index contributed by atoms with van der Waals surface area (Å²) < 4.78 is 11.1. The van der Waals surface area contributed by atoms with E-state index in [9.17, 15) is 9.59 Å². The standard InChI is InChI=1S/C26H32ClNO4/c1-20(16-27)17-28(18-21-11-7-5-8-12-21)23(15-24(29)32-26(2,3)4)25(30)31-19-22-13-9-6-10-14-22/h5-14,23H,1,15-19H2,2-4H3.